The maximum atomic E-state index is 13.4. The van der Waals surface area contributed by atoms with Gasteiger partial charge >= 0.3 is 0 Å². The number of rotatable bonds is 4. The van der Waals surface area contributed by atoms with Gasteiger partial charge in [-0.1, -0.05) is 12.1 Å². The molecule has 1 aliphatic heterocycles. The van der Waals surface area contributed by atoms with Crippen LogP contribution >= 0.6 is 11.8 Å². The smallest absolute Gasteiger partial charge is 0.241 e. The molecule has 0 radical (unpaired) electrons. The summed E-state index contributed by atoms with van der Waals surface area (Å²) >= 11 is 1.72. The average molecular weight is 296 g/mol. The number of halogens is 1. The van der Waals surface area contributed by atoms with Crippen LogP contribution in [-0.4, -0.2) is 34.4 Å². The van der Waals surface area contributed by atoms with Crippen molar-refractivity contribution < 1.29 is 9.18 Å². The van der Waals surface area contributed by atoms with Crippen molar-refractivity contribution in [1.29, 1.82) is 0 Å². The molecule has 1 aromatic rings. The van der Waals surface area contributed by atoms with Crippen molar-refractivity contribution in [2.45, 2.75) is 37.7 Å². The Morgan fingerprint density at radius 1 is 1.45 bits per heavy atom. The molecular formula is C15H21FN2OS. The topological polar surface area (TPSA) is 32.3 Å². The van der Waals surface area contributed by atoms with E-state index in [9.17, 15) is 9.18 Å². The van der Waals surface area contributed by atoms with Crippen molar-refractivity contribution in [3.05, 3.63) is 35.6 Å². The predicted molar refractivity (Wildman–Crippen MR) is 81.0 cm³/mol. The molecule has 2 unspecified atom stereocenters. The molecule has 1 aromatic carbocycles. The highest BCUT2D eigenvalue weighted by Crippen LogP contribution is 2.31. The van der Waals surface area contributed by atoms with Gasteiger partial charge in [0.15, 0.2) is 0 Å². The van der Waals surface area contributed by atoms with Gasteiger partial charge in [0, 0.05) is 11.3 Å². The number of nitrogens with one attached hydrogen (secondary N) is 1. The Balaban J connectivity index is 2.28. The first-order chi connectivity index (χ1) is 9.34. The predicted octanol–water partition coefficient (Wildman–Crippen LogP) is 2.79. The lowest BCUT2D eigenvalue weighted by atomic mass is 10.1. The monoisotopic (exact) mass is 296 g/mol. The summed E-state index contributed by atoms with van der Waals surface area (Å²) in [7, 11) is 0. The van der Waals surface area contributed by atoms with Crippen LogP contribution in [0.1, 0.15) is 32.5 Å². The van der Waals surface area contributed by atoms with Crippen LogP contribution in [0.5, 0.6) is 0 Å². The van der Waals surface area contributed by atoms with Crippen LogP contribution in [0.15, 0.2) is 24.3 Å². The summed E-state index contributed by atoms with van der Waals surface area (Å²) in [5.74, 6) is -0.207. The molecule has 1 heterocycles. The Kier molecular flexibility index (Phi) is 4.39. The molecule has 0 bridgehead atoms. The molecule has 0 aromatic heterocycles. The second-order valence-electron chi connectivity index (χ2n) is 5.78. The van der Waals surface area contributed by atoms with E-state index in [4.69, 9.17) is 0 Å². The molecule has 0 saturated carbocycles. The number of carbonyl (C=O) groups excluding carboxylic acids is 1. The minimum Gasteiger partial charge on any atom is -0.320 e. The van der Waals surface area contributed by atoms with Crippen LogP contribution < -0.4 is 5.32 Å². The van der Waals surface area contributed by atoms with E-state index in [0.29, 0.717) is 6.54 Å². The van der Waals surface area contributed by atoms with E-state index in [-0.39, 0.29) is 28.7 Å². The molecular weight excluding hydrogens is 275 g/mol. The summed E-state index contributed by atoms with van der Waals surface area (Å²) in [6.45, 7) is 6.69. The van der Waals surface area contributed by atoms with E-state index in [1.807, 2.05) is 24.1 Å². The molecule has 5 heteroatoms. The molecule has 0 spiro atoms. The Labute approximate surface area is 123 Å². The largest absolute Gasteiger partial charge is 0.320 e. The first kappa shape index (κ1) is 15.3. The Hall–Kier alpha value is -1.07. The van der Waals surface area contributed by atoms with Crippen molar-refractivity contribution in [2.24, 2.45) is 0 Å². The van der Waals surface area contributed by atoms with Gasteiger partial charge in [0.25, 0.3) is 0 Å². The van der Waals surface area contributed by atoms with E-state index in [1.54, 1.807) is 17.8 Å². The molecule has 2 rings (SSSR count). The van der Waals surface area contributed by atoms with Crippen LogP contribution in [0, 0.1) is 5.82 Å². The highest BCUT2D eigenvalue weighted by Gasteiger charge is 2.39. The van der Waals surface area contributed by atoms with Crippen molar-refractivity contribution in [2.75, 3.05) is 12.8 Å². The standard InChI is InChI=1S/C15H21FN2OS/c1-10-14(19)18(9-15(2,3)20-4)13(17-10)11-6-5-7-12(16)8-11/h5-8,10,13,17H,9H2,1-4H3. The van der Waals surface area contributed by atoms with Crippen molar-refractivity contribution in [1.82, 2.24) is 10.2 Å². The zero-order valence-electron chi connectivity index (χ0n) is 12.3. The van der Waals surface area contributed by atoms with Crippen molar-refractivity contribution in [3.63, 3.8) is 0 Å². The minimum absolute atomic E-state index is 0.0347. The summed E-state index contributed by atoms with van der Waals surface area (Å²) < 4.78 is 13.4. The fourth-order valence-electron chi connectivity index (χ4n) is 2.37. The number of hydrogen-bond donors (Lipinski definition) is 1. The SMILES string of the molecule is CSC(C)(C)CN1C(=O)C(C)NC1c1cccc(F)c1. The van der Waals surface area contributed by atoms with E-state index < -0.39 is 0 Å². The van der Waals surface area contributed by atoms with E-state index in [2.05, 4.69) is 19.2 Å². The van der Waals surface area contributed by atoms with Gasteiger partial charge in [-0.15, -0.1) is 0 Å². The van der Waals surface area contributed by atoms with Crippen molar-refractivity contribution >= 4 is 17.7 Å². The number of hydrogen-bond acceptors (Lipinski definition) is 3. The quantitative estimate of drug-likeness (QED) is 0.927. The second kappa shape index (κ2) is 5.74. The maximum absolute atomic E-state index is 13.4. The Bertz CT molecular complexity index is 506. The average Bonchev–Trinajstić information content (AvgIpc) is 2.67. The van der Waals surface area contributed by atoms with Gasteiger partial charge in [-0.2, -0.15) is 11.8 Å². The first-order valence-electron chi connectivity index (χ1n) is 6.71. The first-order valence-corrected chi connectivity index (χ1v) is 7.94. The molecule has 2 atom stereocenters. The lowest BCUT2D eigenvalue weighted by Gasteiger charge is -2.32. The Morgan fingerprint density at radius 3 is 2.75 bits per heavy atom. The van der Waals surface area contributed by atoms with E-state index in [0.717, 1.165) is 5.56 Å². The van der Waals surface area contributed by atoms with Crippen LogP contribution in [0.3, 0.4) is 0 Å². The fourth-order valence-corrected chi connectivity index (χ4v) is 2.64. The number of nitrogens with zero attached hydrogens (tertiary/aromatic N) is 1. The third kappa shape index (κ3) is 3.15. The van der Waals surface area contributed by atoms with Crippen LogP contribution in [0.4, 0.5) is 4.39 Å². The van der Waals surface area contributed by atoms with Gasteiger partial charge in [-0.3, -0.25) is 10.1 Å². The molecule has 1 N–H and O–H groups in total. The highest BCUT2D eigenvalue weighted by atomic mass is 32.2. The van der Waals surface area contributed by atoms with Gasteiger partial charge in [0.2, 0.25) is 5.91 Å². The zero-order chi connectivity index (χ0) is 14.9. The summed E-state index contributed by atoms with van der Waals surface area (Å²) in [6, 6.07) is 6.20. The number of carbonyl (C=O) groups is 1. The molecule has 110 valence electrons. The molecule has 20 heavy (non-hydrogen) atoms. The number of benzene rings is 1. The fraction of sp³-hybridized carbons (Fsp3) is 0.533. The number of amides is 1. The van der Waals surface area contributed by atoms with E-state index >= 15 is 0 Å². The van der Waals surface area contributed by atoms with Crippen LogP contribution in [0.25, 0.3) is 0 Å². The Morgan fingerprint density at radius 2 is 2.15 bits per heavy atom. The van der Waals surface area contributed by atoms with E-state index in [1.165, 1.54) is 12.1 Å². The molecule has 1 fully saturated rings. The molecule has 1 amide bonds. The zero-order valence-corrected chi connectivity index (χ0v) is 13.1. The van der Waals surface area contributed by atoms with Gasteiger partial charge in [0.05, 0.1) is 6.04 Å². The third-order valence-electron chi connectivity index (χ3n) is 3.64. The summed E-state index contributed by atoms with van der Waals surface area (Å²) in [4.78, 5) is 14.1. The molecule has 1 aliphatic rings. The minimum atomic E-state index is -0.277. The number of thioether (sulfide) groups is 1. The van der Waals surface area contributed by atoms with Crippen LogP contribution in [-0.2, 0) is 4.79 Å². The summed E-state index contributed by atoms with van der Waals surface area (Å²) in [5, 5.41) is 3.24. The second-order valence-corrected chi connectivity index (χ2v) is 7.29. The highest BCUT2D eigenvalue weighted by molar-refractivity contribution is 7.99. The van der Waals surface area contributed by atoms with Gasteiger partial charge < -0.3 is 4.90 Å². The lowest BCUT2D eigenvalue weighted by Crippen LogP contribution is -2.40. The maximum Gasteiger partial charge on any atom is 0.241 e. The third-order valence-corrected chi connectivity index (χ3v) is 4.88. The van der Waals surface area contributed by atoms with Crippen LogP contribution in [0.2, 0.25) is 0 Å². The molecule has 1 saturated heterocycles. The van der Waals surface area contributed by atoms with Gasteiger partial charge in [0.1, 0.15) is 12.0 Å². The molecule has 3 nitrogen and oxygen atoms in total. The molecule has 0 aliphatic carbocycles. The van der Waals surface area contributed by atoms with Crippen molar-refractivity contribution in [3.8, 4) is 0 Å². The van der Waals surface area contributed by atoms with Gasteiger partial charge in [-0.25, -0.2) is 4.39 Å². The normalized spacial score (nSPS) is 23.4. The summed E-state index contributed by atoms with van der Waals surface area (Å²) in [6.07, 6.45) is 1.79. The lowest BCUT2D eigenvalue weighted by molar-refractivity contribution is -0.130. The van der Waals surface area contributed by atoms with Gasteiger partial charge in [-0.05, 0) is 44.7 Å². The summed E-state index contributed by atoms with van der Waals surface area (Å²) in [5.41, 5.74) is 0.791.